The van der Waals surface area contributed by atoms with Crippen LogP contribution in [0, 0.1) is 0 Å². The predicted molar refractivity (Wildman–Crippen MR) is 62.9 cm³/mol. The SMILES string of the molecule is O=C(O)/C=C/c1ccccc1C=CCCl. The van der Waals surface area contributed by atoms with Gasteiger partial charge in [-0.3, -0.25) is 0 Å². The summed E-state index contributed by atoms with van der Waals surface area (Å²) >= 11 is 5.53. The lowest BCUT2D eigenvalue weighted by Gasteiger charge is -1.99. The zero-order chi connectivity index (χ0) is 11.1. The Morgan fingerprint density at radius 3 is 2.40 bits per heavy atom. The number of hydrogen-bond donors (Lipinski definition) is 1. The van der Waals surface area contributed by atoms with Crippen LogP contribution in [0.25, 0.3) is 12.2 Å². The van der Waals surface area contributed by atoms with E-state index in [2.05, 4.69) is 0 Å². The molecule has 0 saturated heterocycles. The van der Waals surface area contributed by atoms with Gasteiger partial charge in [-0.2, -0.15) is 0 Å². The third kappa shape index (κ3) is 4.00. The zero-order valence-corrected chi connectivity index (χ0v) is 8.82. The fraction of sp³-hybridized carbons (Fsp3) is 0.0833. The van der Waals surface area contributed by atoms with Gasteiger partial charge in [0.2, 0.25) is 0 Å². The van der Waals surface area contributed by atoms with E-state index < -0.39 is 5.97 Å². The average molecular weight is 223 g/mol. The molecular formula is C12H11ClO2. The molecule has 15 heavy (non-hydrogen) atoms. The van der Waals surface area contributed by atoms with Gasteiger partial charge in [0.25, 0.3) is 0 Å². The largest absolute Gasteiger partial charge is 0.478 e. The number of carbonyl (C=O) groups is 1. The number of allylic oxidation sites excluding steroid dienone is 1. The second kappa shape index (κ2) is 6.04. The predicted octanol–water partition coefficient (Wildman–Crippen LogP) is 3.04. The maximum Gasteiger partial charge on any atom is 0.328 e. The van der Waals surface area contributed by atoms with Crippen molar-refractivity contribution in [2.75, 3.05) is 5.88 Å². The number of carboxylic acids is 1. The van der Waals surface area contributed by atoms with Crippen molar-refractivity contribution >= 4 is 29.7 Å². The van der Waals surface area contributed by atoms with Crippen molar-refractivity contribution in [1.82, 2.24) is 0 Å². The van der Waals surface area contributed by atoms with Gasteiger partial charge in [0.05, 0.1) is 0 Å². The molecule has 3 heteroatoms. The number of benzene rings is 1. The van der Waals surface area contributed by atoms with E-state index in [1.807, 2.05) is 36.4 Å². The van der Waals surface area contributed by atoms with Crippen LogP contribution >= 0.6 is 11.6 Å². The van der Waals surface area contributed by atoms with Crippen molar-refractivity contribution in [3.05, 3.63) is 47.5 Å². The summed E-state index contributed by atoms with van der Waals surface area (Å²) in [6, 6.07) is 7.52. The van der Waals surface area contributed by atoms with Gasteiger partial charge in [0.15, 0.2) is 0 Å². The Morgan fingerprint density at radius 2 is 1.87 bits per heavy atom. The molecular weight excluding hydrogens is 212 g/mol. The van der Waals surface area contributed by atoms with Gasteiger partial charge in [-0.25, -0.2) is 4.79 Å². The molecule has 0 aliphatic carbocycles. The molecule has 0 unspecified atom stereocenters. The highest BCUT2D eigenvalue weighted by Crippen LogP contribution is 2.12. The van der Waals surface area contributed by atoms with Crippen molar-refractivity contribution < 1.29 is 9.90 Å². The maximum atomic E-state index is 10.4. The van der Waals surface area contributed by atoms with E-state index >= 15 is 0 Å². The molecule has 1 aromatic carbocycles. The quantitative estimate of drug-likeness (QED) is 0.628. The molecule has 78 valence electrons. The fourth-order valence-electron chi connectivity index (χ4n) is 1.15. The van der Waals surface area contributed by atoms with Gasteiger partial charge >= 0.3 is 5.97 Å². The molecule has 0 heterocycles. The van der Waals surface area contributed by atoms with E-state index in [0.29, 0.717) is 5.88 Å². The third-order valence-electron chi connectivity index (χ3n) is 1.79. The Hall–Kier alpha value is -1.54. The van der Waals surface area contributed by atoms with Gasteiger partial charge in [-0.15, -0.1) is 11.6 Å². The van der Waals surface area contributed by atoms with Crippen LogP contribution in [-0.4, -0.2) is 17.0 Å². The molecule has 0 aliphatic rings. The topological polar surface area (TPSA) is 37.3 Å². The molecule has 0 bridgehead atoms. The standard InChI is InChI=1S/C12H11ClO2/c13-9-3-6-10-4-1-2-5-11(10)7-8-12(14)15/h1-8H,9H2,(H,14,15)/b6-3?,8-7+. The van der Waals surface area contributed by atoms with Gasteiger partial charge in [0.1, 0.15) is 0 Å². The molecule has 0 atom stereocenters. The van der Waals surface area contributed by atoms with Crippen molar-refractivity contribution in [2.45, 2.75) is 0 Å². The maximum absolute atomic E-state index is 10.4. The second-order valence-electron chi connectivity index (χ2n) is 2.86. The Labute approximate surface area is 93.5 Å². The number of aliphatic carboxylic acids is 1. The Balaban J connectivity index is 2.96. The summed E-state index contributed by atoms with van der Waals surface area (Å²) in [6.45, 7) is 0. The van der Waals surface area contributed by atoms with E-state index in [-0.39, 0.29) is 0 Å². The molecule has 0 fully saturated rings. The van der Waals surface area contributed by atoms with Crippen LogP contribution in [0.15, 0.2) is 36.4 Å². The number of alkyl halides is 1. The highest BCUT2D eigenvalue weighted by molar-refractivity contribution is 6.19. The van der Waals surface area contributed by atoms with Crippen LogP contribution in [0.5, 0.6) is 0 Å². The summed E-state index contributed by atoms with van der Waals surface area (Å²) in [6.07, 6.45) is 6.37. The first-order chi connectivity index (χ1) is 7.24. The molecule has 0 amide bonds. The normalized spacial score (nSPS) is 11.3. The lowest BCUT2D eigenvalue weighted by molar-refractivity contribution is -0.131. The van der Waals surface area contributed by atoms with E-state index in [1.54, 1.807) is 6.08 Å². The minimum atomic E-state index is -0.953. The Kier molecular flexibility index (Phi) is 4.64. The molecule has 0 aliphatic heterocycles. The van der Waals surface area contributed by atoms with Crippen LogP contribution in [0.2, 0.25) is 0 Å². The molecule has 2 nitrogen and oxygen atoms in total. The van der Waals surface area contributed by atoms with Crippen LogP contribution in [0.3, 0.4) is 0 Å². The summed E-state index contributed by atoms with van der Waals surface area (Å²) in [4.78, 5) is 10.4. The Bertz CT molecular complexity index is 394. The van der Waals surface area contributed by atoms with E-state index in [4.69, 9.17) is 16.7 Å². The van der Waals surface area contributed by atoms with Crippen molar-refractivity contribution in [2.24, 2.45) is 0 Å². The van der Waals surface area contributed by atoms with Crippen LogP contribution in [0.1, 0.15) is 11.1 Å². The van der Waals surface area contributed by atoms with Crippen LogP contribution < -0.4 is 0 Å². The van der Waals surface area contributed by atoms with E-state index in [9.17, 15) is 4.79 Å². The van der Waals surface area contributed by atoms with Gasteiger partial charge in [-0.1, -0.05) is 36.4 Å². The highest BCUT2D eigenvalue weighted by atomic mass is 35.5. The van der Waals surface area contributed by atoms with Crippen molar-refractivity contribution in [1.29, 1.82) is 0 Å². The van der Waals surface area contributed by atoms with Crippen molar-refractivity contribution in [3.8, 4) is 0 Å². The summed E-state index contributed by atoms with van der Waals surface area (Å²) < 4.78 is 0. The van der Waals surface area contributed by atoms with E-state index in [0.717, 1.165) is 17.2 Å². The number of halogens is 1. The minimum absolute atomic E-state index is 0.441. The van der Waals surface area contributed by atoms with Crippen LogP contribution in [0.4, 0.5) is 0 Å². The lowest BCUT2D eigenvalue weighted by Crippen LogP contribution is -1.87. The molecule has 0 radical (unpaired) electrons. The summed E-state index contributed by atoms with van der Waals surface area (Å²) in [5.74, 6) is -0.511. The Morgan fingerprint density at radius 1 is 1.27 bits per heavy atom. The number of hydrogen-bond acceptors (Lipinski definition) is 1. The lowest BCUT2D eigenvalue weighted by atomic mass is 10.1. The highest BCUT2D eigenvalue weighted by Gasteiger charge is 1.94. The molecule has 0 spiro atoms. The number of rotatable bonds is 4. The van der Waals surface area contributed by atoms with Gasteiger partial charge in [0, 0.05) is 12.0 Å². The summed E-state index contributed by atoms with van der Waals surface area (Å²) in [7, 11) is 0. The van der Waals surface area contributed by atoms with E-state index in [1.165, 1.54) is 0 Å². The number of carboxylic acid groups (broad SMARTS) is 1. The van der Waals surface area contributed by atoms with Crippen LogP contribution in [-0.2, 0) is 4.79 Å². The van der Waals surface area contributed by atoms with Crippen molar-refractivity contribution in [3.63, 3.8) is 0 Å². The molecule has 1 aromatic rings. The van der Waals surface area contributed by atoms with Gasteiger partial charge < -0.3 is 5.11 Å². The fourth-order valence-corrected chi connectivity index (χ4v) is 1.24. The average Bonchev–Trinajstić information content (AvgIpc) is 2.24. The molecule has 0 saturated carbocycles. The first-order valence-corrected chi connectivity index (χ1v) is 5.00. The first-order valence-electron chi connectivity index (χ1n) is 4.46. The first kappa shape index (κ1) is 11.5. The second-order valence-corrected chi connectivity index (χ2v) is 3.17. The monoisotopic (exact) mass is 222 g/mol. The zero-order valence-electron chi connectivity index (χ0n) is 8.06. The third-order valence-corrected chi connectivity index (χ3v) is 1.97. The summed E-state index contributed by atoms with van der Waals surface area (Å²) in [5.41, 5.74) is 1.82. The molecule has 1 rings (SSSR count). The molecule has 1 N–H and O–H groups in total. The smallest absolute Gasteiger partial charge is 0.328 e. The van der Waals surface area contributed by atoms with Gasteiger partial charge in [-0.05, 0) is 17.2 Å². The minimum Gasteiger partial charge on any atom is -0.478 e. The summed E-state index contributed by atoms with van der Waals surface area (Å²) in [5, 5.41) is 8.52. The molecule has 0 aromatic heterocycles.